The van der Waals surface area contributed by atoms with Crippen LogP contribution in [0.5, 0.6) is 0 Å². The zero-order valence-corrected chi connectivity index (χ0v) is 18.6. The Bertz CT molecular complexity index is 1060. The number of rotatable bonds is 6. The van der Waals surface area contributed by atoms with E-state index in [1.165, 1.54) is 0 Å². The first-order valence-electron chi connectivity index (χ1n) is 9.60. The van der Waals surface area contributed by atoms with Crippen molar-refractivity contribution in [3.63, 3.8) is 0 Å². The summed E-state index contributed by atoms with van der Waals surface area (Å²) in [6.07, 6.45) is -0.419. The van der Waals surface area contributed by atoms with Crippen molar-refractivity contribution in [3.05, 3.63) is 100 Å². The van der Waals surface area contributed by atoms with Gasteiger partial charge in [0, 0.05) is 22.6 Å². The molecule has 7 heteroatoms. The van der Waals surface area contributed by atoms with E-state index in [0.717, 1.165) is 11.1 Å². The standard InChI is InChI=1S/C23H21Cl2NO3S/c1-16-22(29-30(27,28)21-5-3-2-4-6-21)15-26(16)23(17-7-11-19(24)12-8-17)18-9-13-20(25)14-10-18/h2-14,16,22-23H,15H2,1H3/t16-,22+/m0/s1. The molecule has 0 spiro atoms. The van der Waals surface area contributed by atoms with Crippen molar-refractivity contribution < 1.29 is 12.6 Å². The fraction of sp³-hybridized carbons (Fsp3) is 0.217. The van der Waals surface area contributed by atoms with Crippen LogP contribution >= 0.6 is 23.2 Å². The van der Waals surface area contributed by atoms with Crippen molar-refractivity contribution in [3.8, 4) is 0 Å². The van der Waals surface area contributed by atoms with E-state index in [0.29, 0.717) is 16.6 Å². The van der Waals surface area contributed by atoms with Crippen molar-refractivity contribution in [2.24, 2.45) is 0 Å². The summed E-state index contributed by atoms with van der Waals surface area (Å²) in [5.41, 5.74) is 2.14. The Morgan fingerprint density at radius 3 is 1.83 bits per heavy atom. The van der Waals surface area contributed by atoms with Gasteiger partial charge in [0.1, 0.15) is 6.10 Å². The summed E-state index contributed by atoms with van der Waals surface area (Å²) in [6, 6.07) is 23.5. The third-order valence-electron chi connectivity index (χ3n) is 5.44. The average molecular weight is 462 g/mol. The molecule has 30 heavy (non-hydrogen) atoms. The number of likely N-dealkylation sites (tertiary alicyclic amines) is 1. The third-order valence-corrected chi connectivity index (χ3v) is 7.29. The predicted octanol–water partition coefficient (Wildman–Crippen LogP) is 5.56. The Morgan fingerprint density at radius 1 is 0.867 bits per heavy atom. The number of benzene rings is 3. The van der Waals surface area contributed by atoms with E-state index in [4.69, 9.17) is 27.4 Å². The monoisotopic (exact) mass is 461 g/mol. The summed E-state index contributed by atoms with van der Waals surface area (Å²) in [5, 5.41) is 1.33. The fourth-order valence-electron chi connectivity index (χ4n) is 3.72. The molecule has 4 rings (SSSR count). The van der Waals surface area contributed by atoms with Crippen LogP contribution in [0, 0.1) is 0 Å². The van der Waals surface area contributed by atoms with Gasteiger partial charge in [0.05, 0.1) is 10.9 Å². The molecular formula is C23H21Cl2NO3S. The summed E-state index contributed by atoms with van der Waals surface area (Å²) >= 11 is 12.2. The summed E-state index contributed by atoms with van der Waals surface area (Å²) < 4.78 is 30.8. The Labute approximate surface area is 187 Å². The molecule has 1 aliphatic rings. The quantitative estimate of drug-likeness (QED) is 0.450. The highest BCUT2D eigenvalue weighted by molar-refractivity contribution is 7.86. The Hall–Kier alpha value is -1.89. The molecule has 0 amide bonds. The van der Waals surface area contributed by atoms with E-state index in [1.54, 1.807) is 30.3 Å². The van der Waals surface area contributed by atoms with Crippen LogP contribution in [-0.4, -0.2) is 32.0 Å². The highest BCUT2D eigenvalue weighted by Crippen LogP contribution is 2.38. The van der Waals surface area contributed by atoms with E-state index in [2.05, 4.69) is 4.90 Å². The van der Waals surface area contributed by atoms with Crippen LogP contribution in [0.15, 0.2) is 83.8 Å². The minimum absolute atomic E-state index is 0.0613. The molecule has 0 aromatic heterocycles. The van der Waals surface area contributed by atoms with Crippen LogP contribution in [0.3, 0.4) is 0 Å². The van der Waals surface area contributed by atoms with Crippen molar-refractivity contribution >= 4 is 33.3 Å². The van der Waals surface area contributed by atoms with Gasteiger partial charge < -0.3 is 0 Å². The van der Waals surface area contributed by atoms with Gasteiger partial charge in [0.25, 0.3) is 10.1 Å². The average Bonchev–Trinajstić information content (AvgIpc) is 2.75. The zero-order chi connectivity index (χ0) is 21.3. The maximum atomic E-state index is 12.6. The largest absolute Gasteiger partial charge is 0.297 e. The summed E-state index contributed by atoms with van der Waals surface area (Å²) in [7, 11) is -3.80. The molecule has 156 valence electrons. The van der Waals surface area contributed by atoms with Crippen molar-refractivity contribution in [1.82, 2.24) is 4.90 Å². The SMILES string of the molecule is C[C@H]1[C@H](OS(=O)(=O)c2ccccc2)CN1C(c1ccc(Cl)cc1)c1ccc(Cl)cc1. The normalized spacial score (nSPS) is 19.6. The van der Waals surface area contributed by atoms with Gasteiger partial charge in [-0.1, -0.05) is 65.7 Å². The summed E-state index contributed by atoms with van der Waals surface area (Å²) in [5.74, 6) is 0. The van der Waals surface area contributed by atoms with E-state index in [-0.39, 0.29) is 17.0 Å². The van der Waals surface area contributed by atoms with Crippen molar-refractivity contribution in [1.29, 1.82) is 0 Å². The molecule has 0 bridgehead atoms. The van der Waals surface area contributed by atoms with Gasteiger partial charge >= 0.3 is 0 Å². The minimum atomic E-state index is -3.80. The van der Waals surface area contributed by atoms with Gasteiger partial charge in [-0.15, -0.1) is 0 Å². The smallest absolute Gasteiger partial charge is 0.284 e. The second kappa shape index (κ2) is 8.69. The molecule has 1 fully saturated rings. The lowest BCUT2D eigenvalue weighted by atomic mass is 9.90. The summed E-state index contributed by atoms with van der Waals surface area (Å²) in [4.78, 5) is 2.39. The fourth-order valence-corrected chi connectivity index (χ4v) is 5.13. The maximum Gasteiger partial charge on any atom is 0.297 e. The molecule has 0 N–H and O–H groups in total. The lowest BCUT2D eigenvalue weighted by Gasteiger charge is -2.49. The molecule has 0 unspecified atom stereocenters. The van der Waals surface area contributed by atoms with E-state index in [1.807, 2.05) is 55.5 Å². The van der Waals surface area contributed by atoms with E-state index >= 15 is 0 Å². The van der Waals surface area contributed by atoms with Crippen LogP contribution in [0.4, 0.5) is 0 Å². The van der Waals surface area contributed by atoms with Gasteiger partial charge in [-0.3, -0.25) is 9.08 Å². The highest BCUT2D eigenvalue weighted by atomic mass is 35.5. The molecule has 0 aliphatic carbocycles. The molecule has 3 aromatic carbocycles. The Morgan fingerprint density at radius 2 is 1.37 bits per heavy atom. The molecular weight excluding hydrogens is 441 g/mol. The van der Waals surface area contributed by atoms with Gasteiger partial charge in [-0.25, -0.2) is 0 Å². The topological polar surface area (TPSA) is 46.6 Å². The Balaban J connectivity index is 1.57. The molecule has 2 atom stereocenters. The lowest BCUT2D eigenvalue weighted by Crippen LogP contribution is -2.61. The Kier molecular flexibility index (Phi) is 6.19. The van der Waals surface area contributed by atoms with Gasteiger partial charge in [-0.05, 0) is 54.4 Å². The first-order valence-corrected chi connectivity index (χ1v) is 11.8. The molecule has 0 radical (unpaired) electrons. The first-order chi connectivity index (χ1) is 14.3. The van der Waals surface area contributed by atoms with E-state index in [9.17, 15) is 8.42 Å². The van der Waals surface area contributed by atoms with Gasteiger partial charge in [-0.2, -0.15) is 8.42 Å². The number of hydrogen-bond acceptors (Lipinski definition) is 4. The predicted molar refractivity (Wildman–Crippen MR) is 119 cm³/mol. The molecule has 1 heterocycles. The zero-order valence-electron chi connectivity index (χ0n) is 16.3. The van der Waals surface area contributed by atoms with Crippen LogP contribution in [-0.2, 0) is 14.3 Å². The third kappa shape index (κ3) is 4.41. The van der Waals surface area contributed by atoms with Gasteiger partial charge in [0.2, 0.25) is 0 Å². The molecule has 0 saturated carbocycles. The number of hydrogen-bond donors (Lipinski definition) is 0. The number of nitrogens with zero attached hydrogens (tertiary/aromatic N) is 1. The summed E-state index contributed by atoms with van der Waals surface area (Å²) in [6.45, 7) is 2.47. The minimum Gasteiger partial charge on any atom is -0.284 e. The second-order valence-corrected chi connectivity index (χ2v) is 9.79. The molecule has 1 saturated heterocycles. The molecule has 3 aromatic rings. The van der Waals surface area contributed by atoms with Gasteiger partial charge in [0.15, 0.2) is 0 Å². The lowest BCUT2D eigenvalue weighted by molar-refractivity contribution is -0.0513. The number of halogens is 2. The van der Waals surface area contributed by atoms with Crippen LogP contribution in [0.25, 0.3) is 0 Å². The second-order valence-electron chi connectivity index (χ2n) is 7.34. The van der Waals surface area contributed by atoms with Crippen LogP contribution < -0.4 is 0 Å². The molecule has 4 nitrogen and oxygen atoms in total. The maximum absolute atomic E-state index is 12.6. The van der Waals surface area contributed by atoms with E-state index < -0.39 is 16.2 Å². The van der Waals surface area contributed by atoms with Crippen LogP contribution in [0.2, 0.25) is 10.0 Å². The molecule has 1 aliphatic heterocycles. The van der Waals surface area contributed by atoms with Crippen molar-refractivity contribution in [2.75, 3.05) is 6.54 Å². The van der Waals surface area contributed by atoms with Crippen molar-refractivity contribution in [2.45, 2.75) is 30.0 Å². The highest BCUT2D eigenvalue weighted by Gasteiger charge is 2.44. The van der Waals surface area contributed by atoms with Crippen LogP contribution in [0.1, 0.15) is 24.1 Å². The first kappa shape index (κ1) is 21.3.